The summed E-state index contributed by atoms with van der Waals surface area (Å²) in [6, 6.07) is 5.25. The third-order valence-corrected chi connectivity index (χ3v) is 3.33. The first-order chi connectivity index (χ1) is 9.61. The molecule has 1 fully saturated rings. The molecule has 2 atom stereocenters. The molecule has 2 aliphatic heterocycles. The molecule has 3 rings (SSSR count). The molecule has 0 saturated carbocycles. The second kappa shape index (κ2) is 5.20. The number of amides is 2. The van der Waals surface area contributed by atoms with E-state index in [1.807, 2.05) is 13.8 Å². The highest BCUT2D eigenvalue weighted by Crippen LogP contribution is 2.34. The van der Waals surface area contributed by atoms with E-state index < -0.39 is 0 Å². The van der Waals surface area contributed by atoms with E-state index in [1.165, 1.54) is 0 Å². The maximum Gasteiger partial charge on any atom is 0.322 e. The summed E-state index contributed by atoms with van der Waals surface area (Å²) in [5.74, 6) is 1.36. The average molecular weight is 278 g/mol. The molecule has 2 amide bonds. The molecule has 108 valence electrons. The van der Waals surface area contributed by atoms with Crippen molar-refractivity contribution in [2.75, 3.05) is 25.2 Å². The maximum absolute atomic E-state index is 12.2. The normalized spacial score (nSPS) is 24.6. The van der Waals surface area contributed by atoms with Crippen LogP contribution in [0.15, 0.2) is 18.2 Å². The van der Waals surface area contributed by atoms with Crippen LogP contribution in [0.1, 0.15) is 13.8 Å². The van der Waals surface area contributed by atoms with Gasteiger partial charge in [0.05, 0.1) is 12.2 Å². The molecule has 0 spiro atoms. The summed E-state index contributed by atoms with van der Waals surface area (Å²) in [6.45, 7) is 5.36. The van der Waals surface area contributed by atoms with Crippen LogP contribution >= 0.6 is 0 Å². The molecule has 2 heterocycles. The Hall–Kier alpha value is -1.95. The molecule has 1 aromatic carbocycles. The minimum atomic E-state index is -0.120. The van der Waals surface area contributed by atoms with Gasteiger partial charge < -0.3 is 24.4 Å². The summed E-state index contributed by atoms with van der Waals surface area (Å²) >= 11 is 0. The van der Waals surface area contributed by atoms with Crippen LogP contribution in [0.3, 0.4) is 0 Å². The molecule has 2 aliphatic rings. The molecular formula is C14H18N2O4. The molecule has 1 aromatic rings. The fourth-order valence-electron chi connectivity index (χ4n) is 2.52. The van der Waals surface area contributed by atoms with Crippen LogP contribution < -0.4 is 14.8 Å². The smallest absolute Gasteiger partial charge is 0.322 e. The van der Waals surface area contributed by atoms with Gasteiger partial charge in [0.2, 0.25) is 6.79 Å². The summed E-state index contributed by atoms with van der Waals surface area (Å²) in [4.78, 5) is 14.0. The van der Waals surface area contributed by atoms with Crippen molar-refractivity contribution < 1.29 is 19.0 Å². The van der Waals surface area contributed by atoms with E-state index in [0.29, 0.717) is 30.3 Å². The summed E-state index contributed by atoms with van der Waals surface area (Å²) < 4.78 is 16.2. The zero-order valence-corrected chi connectivity index (χ0v) is 11.6. The van der Waals surface area contributed by atoms with Gasteiger partial charge >= 0.3 is 6.03 Å². The molecule has 1 saturated heterocycles. The second-order valence-corrected chi connectivity index (χ2v) is 5.16. The quantitative estimate of drug-likeness (QED) is 0.854. The van der Waals surface area contributed by atoms with E-state index in [2.05, 4.69) is 5.32 Å². The lowest BCUT2D eigenvalue weighted by molar-refractivity contribution is -0.0530. The number of rotatable bonds is 1. The average Bonchev–Trinajstić information content (AvgIpc) is 2.85. The van der Waals surface area contributed by atoms with Crippen LogP contribution in [-0.4, -0.2) is 43.0 Å². The Kier molecular flexibility index (Phi) is 3.40. The van der Waals surface area contributed by atoms with E-state index in [9.17, 15) is 4.79 Å². The number of urea groups is 1. The minimum Gasteiger partial charge on any atom is -0.454 e. The van der Waals surface area contributed by atoms with Gasteiger partial charge in [-0.2, -0.15) is 0 Å². The first kappa shape index (κ1) is 13.1. The molecule has 0 aliphatic carbocycles. The lowest BCUT2D eigenvalue weighted by Gasteiger charge is -2.35. The van der Waals surface area contributed by atoms with Crippen LogP contribution in [0.25, 0.3) is 0 Å². The number of benzene rings is 1. The molecule has 0 aromatic heterocycles. The largest absolute Gasteiger partial charge is 0.454 e. The van der Waals surface area contributed by atoms with E-state index in [4.69, 9.17) is 14.2 Å². The number of morpholine rings is 1. The van der Waals surface area contributed by atoms with Crippen molar-refractivity contribution in [1.82, 2.24) is 4.90 Å². The van der Waals surface area contributed by atoms with Crippen LogP contribution in [0.2, 0.25) is 0 Å². The molecule has 1 N–H and O–H groups in total. The minimum absolute atomic E-state index is 0.0567. The van der Waals surface area contributed by atoms with Crippen molar-refractivity contribution in [3.63, 3.8) is 0 Å². The Morgan fingerprint density at radius 1 is 1.20 bits per heavy atom. The Morgan fingerprint density at radius 2 is 1.90 bits per heavy atom. The lowest BCUT2D eigenvalue weighted by atomic mass is 10.2. The molecular weight excluding hydrogens is 260 g/mol. The standard InChI is InChI=1S/C14H18N2O4/c1-9-6-16(7-10(2)20-9)14(17)15-11-3-4-12-13(5-11)19-8-18-12/h3-5,9-10H,6-8H2,1-2H3,(H,15,17)/t9-,10+. The number of nitrogens with zero attached hydrogens (tertiary/aromatic N) is 1. The van der Waals surface area contributed by atoms with Crippen molar-refractivity contribution in [2.45, 2.75) is 26.1 Å². The van der Waals surface area contributed by atoms with Crippen LogP contribution in [0, 0.1) is 0 Å². The molecule has 6 nitrogen and oxygen atoms in total. The van der Waals surface area contributed by atoms with Crippen molar-refractivity contribution >= 4 is 11.7 Å². The lowest BCUT2D eigenvalue weighted by Crippen LogP contribution is -2.49. The summed E-state index contributed by atoms with van der Waals surface area (Å²) in [5, 5.41) is 2.88. The first-order valence-electron chi connectivity index (χ1n) is 6.73. The summed E-state index contributed by atoms with van der Waals surface area (Å²) in [7, 11) is 0. The van der Waals surface area contributed by atoms with Crippen LogP contribution in [0.4, 0.5) is 10.5 Å². The number of anilines is 1. The fraction of sp³-hybridized carbons (Fsp3) is 0.500. The third kappa shape index (κ3) is 2.65. The number of carbonyl (C=O) groups is 1. The van der Waals surface area contributed by atoms with Gasteiger partial charge in [-0.05, 0) is 26.0 Å². The van der Waals surface area contributed by atoms with Gasteiger partial charge in [-0.3, -0.25) is 0 Å². The van der Waals surface area contributed by atoms with Gasteiger partial charge in [0.1, 0.15) is 0 Å². The summed E-state index contributed by atoms with van der Waals surface area (Å²) in [5.41, 5.74) is 0.700. The number of ether oxygens (including phenoxy) is 3. The Balaban J connectivity index is 1.66. The van der Waals surface area contributed by atoms with Gasteiger partial charge in [-0.1, -0.05) is 0 Å². The van der Waals surface area contributed by atoms with Crippen molar-refractivity contribution in [2.24, 2.45) is 0 Å². The molecule has 0 bridgehead atoms. The number of nitrogens with one attached hydrogen (secondary N) is 1. The fourth-order valence-corrected chi connectivity index (χ4v) is 2.52. The van der Waals surface area contributed by atoms with Crippen molar-refractivity contribution in [1.29, 1.82) is 0 Å². The van der Waals surface area contributed by atoms with Gasteiger partial charge in [0.25, 0.3) is 0 Å². The third-order valence-electron chi connectivity index (χ3n) is 3.33. The number of hydrogen-bond donors (Lipinski definition) is 1. The van der Waals surface area contributed by atoms with E-state index in [0.717, 1.165) is 0 Å². The van der Waals surface area contributed by atoms with Gasteiger partial charge in [-0.15, -0.1) is 0 Å². The zero-order chi connectivity index (χ0) is 14.1. The topological polar surface area (TPSA) is 60.0 Å². The van der Waals surface area contributed by atoms with Crippen molar-refractivity contribution in [3.8, 4) is 11.5 Å². The predicted molar refractivity (Wildman–Crippen MR) is 73.2 cm³/mol. The second-order valence-electron chi connectivity index (χ2n) is 5.16. The zero-order valence-electron chi connectivity index (χ0n) is 11.6. The Morgan fingerprint density at radius 3 is 2.65 bits per heavy atom. The van der Waals surface area contributed by atoms with E-state index in [1.54, 1.807) is 23.1 Å². The monoisotopic (exact) mass is 278 g/mol. The highest BCUT2D eigenvalue weighted by Gasteiger charge is 2.26. The van der Waals surface area contributed by atoms with E-state index in [-0.39, 0.29) is 25.0 Å². The summed E-state index contributed by atoms with van der Waals surface area (Å²) in [6.07, 6.45) is 0.113. The highest BCUT2D eigenvalue weighted by atomic mass is 16.7. The van der Waals surface area contributed by atoms with Gasteiger partial charge in [-0.25, -0.2) is 4.79 Å². The first-order valence-corrected chi connectivity index (χ1v) is 6.73. The molecule has 20 heavy (non-hydrogen) atoms. The van der Waals surface area contributed by atoms with Crippen LogP contribution in [0.5, 0.6) is 11.5 Å². The molecule has 6 heteroatoms. The van der Waals surface area contributed by atoms with Crippen LogP contribution in [-0.2, 0) is 4.74 Å². The maximum atomic E-state index is 12.2. The molecule has 0 radical (unpaired) electrons. The SMILES string of the molecule is C[C@@H]1CN(C(=O)Nc2ccc3c(c2)OCO3)C[C@H](C)O1. The highest BCUT2D eigenvalue weighted by molar-refractivity contribution is 5.89. The Bertz CT molecular complexity index is 510. The van der Waals surface area contributed by atoms with E-state index >= 15 is 0 Å². The predicted octanol–water partition coefficient (Wildman–Crippen LogP) is 2.06. The van der Waals surface area contributed by atoms with Crippen molar-refractivity contribution in [3.05, 3.63) is 18.2 Å². The number of hydrogen-bond acceptors (Lipinski definition) is 4. The number of fused-ring (bicyclic) bond motifs is 1. The Labute approximate surface area is 117 Å². The van der Waals surface area contributed by atoms with Gasteiger partial charge in [0, 0.05) is 24.8 Å². The molecule has 0 unspecified atom stereocenters. The number of carbonyl (C=O) groups excluding carboxylic acids is 1. The van der Waals surface area contributed by atoms with Gasteiger partial charge in [0.15, 0.2) is 11.5 Å².